The second-order valence-corrected chi connectivity index (χ2v) is 14.8. The van der Waals surface area contributed by atoms with Crippen LogP contribution in [0.15, 0.2) is 168 Å². The average Bonchev–Trinajstić information content (AvgIpc) is 3.72. The van der Waals surface area contributed by atoms with Gasteiger partial charge in [-0.25, -0.2) is 15.0 Å². The molecule has 54 heavy (non-hydrogen) atoms. The van der Waals surface area contributed by atoms with Crippen molar-refractivity contribution in [2.75, 3.05) is 0 Å². The molecule has 4 heteroatoms. The summed E-state index contributed by atoms with van der Waals surface area (Å²) in [5, 5.41) is 5.33. The second kappa shape index (κ2) is 11.5. The van der Waals surface area contributed by atoms with Crippen LogP contribution in [0.3, 0.4) is 0 Å². The van der Waals surface area contributed by atoms with E-state index in [1.54, 1.807) is 0 Å². The lowest BCUT2D eigenvalue weighted by atomic mass is 9.82. The Morgan fingerprint density at radius 1 is 0.444 bits per heavy atom. The van der Waals surface area contributed by atoms with Crippen LogP contribution in [0.1, 0.15) is 25.0 Å². The van der Waals surface area contributed by atoms with Crippen LogP contribution in [-0.4, -0.2) is 15.0 Å². The minimum atomic E-state index is -0.0590. The Hall–Kier alpha value is -6.91. The molecule has 0 spiro atoms. The quantitative estimate of drug-likeness (QED) is 0.172. The van der Waals surface area contributed by atoms with Crippen LogP contribution in [0.25, 0.3) is 99.9 Å². The fraction of sp³-hybridized carbons (Fsp3) is 0.0600. The molecule has 3 heterocycles. The number of para-hydroxylation sites is 1. The molecule has 0 radical (unpaired) electrons. The first-order valence-electron chi connectivity index (χ1n) is 18.4. The van der Waals surface area contributed by atoms with Gasteiger partial charge >= 0.3 is 0 Å². The highest BCUT2D eigenvalue weighted by Crippen LogP contribution is 2.49. The number of rotatable bonds is 4. The van der Waals surface area contributed by atoms with Gasteiger partial charge in [0.25, 0.3) is 0 Å². The van der Waals surface area contributed by atoms with Gasteiger partial charge in [0.1, 0.15) is 11.2 Å². The van der Waals surface area contributed by atoms with Gasteiger partial charge in [0.2, 0.25) is 0 Å². The number of furan rings is 1. The molecule has 0 fully saturated rings. The van der Waals surface area contributed by atoms with Crippen molar-refractivity contribution in [3.8, 4) is 56.3 Å². The minimum Gasteiger partial charge on any atom is -0.455 e. The molecule has 10 aromatic rings. The third-order valence-corrected chi connectivity index (χ3v) is 11.3. The molecule has 0 bridgehead atoms. The van der Waals surface area contributed by atoms with Gasteiger partial charge in [-0.2, -0.15) is 0 Å². The highest BCUT2D eigenvalue weighted by molar-refractivity contribution is 6.24. The number of nitrogens with zero attached hydrogens (tertiary/aromatic N) is 3. The summed E-state index contributed by atoms with van der Waals surface area (Å²) < 4.78 is 6.77. The molecule has 0 saturated carbocycles. The van der Waals surface area contributed by atoms with Crippen molar-refractivity contribution < 1.29 is 4.42 Å². The largest absolute Gasteiger partial charge is 0.455 e. The van der Waals surface area contributed by atoms with E-state index in [9.17, 15) is 0 Å². The molecule has 3 aromatic heterocycles. The Balaban J connectivity index is 1.11. The molecular formula is C50H33N3O. The first-order chi connectivity index (χ1) is 26.5. The Labute approximate surface area is 312 Å². The van der Waals surface area contributed by atoms with Crippen LogP contribution in [0, 0.1) is 0 Å². The topological polar surface area (TPSA) is 51.8 Å². The normalized spacial score (nSPS) is 13.1. The van der Waals surface area contributed by atoms with Crippen molar-refractivity contribution in [3.63, 3.8) is 0 Å². The van der Waals surface area contributed by atoms with Crippen molar-refractivity contribution >= 4 is 43.6 Å². The fourth-order valence-electron chi connectivity index (χ4n) is 8.58. The van der Waals surface area contributed by atoms with Crippen molar-refractivity contribution in [3.05, 3.63) is 175 Å². The summed E-state index contributed by atoms with van der Waals surface area (Å²) in [6.07, 6.45) is 0. The molecule has 1 aliphatic carbocycles. The van der Waals surface area contributed by atoms with E-state index in [1.165, 1.54) is 22.3 Å². The average molecular weight is 692 g/mol. The second-order valence-electron chi connectivity index (χ2n) is 14.8. The molecule has 7 aromatic carbocycles. The third-order valence-electron chi connectivity index (χ3n) is 11.3. The van der Waals surface area contributed by atoms with Crippen molar-refractivity contribution in [2.24, 2.45) is 0 Å². The van der Waals surface area contributed by atoms with E-state index < -0.39 is 0 Å². The van der Waals surface area contributed by atoms with Crippen LogP contribution in [0.4, 0.5) is 0 Å². The highest BCUT2D eigenvalue weighted by atomic mass is 16.3. The summed E-state index contributed by atoms with van der Waals surface area (Å²) in [5.41, 5.74) is 14.7. The van der Waals surface area contributed by atoms with E-state index in [4.69, 9.17) is 19.4 Å². The van der Waals surface area contributed by atoms with Crippen LogP contribution in [0.2, 0.25) is 0 Å². The summed E-state index contributed by atoms with van der Waals surface area (Å²) in [6, 6.07) is 57.5. The van der Waals surface area contributed by atoms with Crippen LogP contribution >= 0.6 is 0 Å². The summed E-state index contributed by atoms with van der Waals surface area (Å²) in [4.78, 5) is 15.5. The Kier molecular flexibility index (Phi) is 6.56. The molecule has 254 valence electrons. The van der Waals surface area contributed by atoms with Gasteiger partial charge in [-0.3, -0.25) is 0 Å². The van der Waals surface area contributed by atoms with Gasteiger partial charge in [-0.05, 0) is 64.7 Å². The monoisotopic (exact) mass is 691 g/mol. The molecule has 0 saturated heterocycles. The predicted octanol–water partition coefficient (Wildman–Crippen LogP) is 13.1. The highest BCUT2D eigenvalue weighted by Gasteiger charge is 2.35. The standard InChI is InChI=1S/C50H33N3O/c1-50(2)40-19-11-9-17-34(40)38-27-32(21-25-41(38)50)43-29-44(53-49(52-43)31-15-7-4-8-16-31)33-22-26-45-39(28-33)35-23-24-37-46(48(35)54-45)36-18-10-12-20-42(36)51-47(37)30-13-5-3-6-14-30/h3-29H,1-2H3. The molecular weight excluding hydrogens is 659 g/mol. The zero-order valence-electron chi connectivity index (χ0n) is 29.8. The smallest absolute Gasteiger partial charge is 0.160 e. The van der Waals surface area contributed by atoms with Crippen molar-refractivity contribution in [2.45, 2.75) is 19.3 Å². The van der Waals surface area contributed by atoms with Gasteiger partial charge in [0.05, 0.1) is 22.6 Å². The maximum atomic E-state index is 6.77. The number of aromatic nitrogens is 3. The van der Waals surface area contributed by atoms with Gasteiger partial charge in [-0.1, -0.05) is 135 Å². The van der Waals surface area contributed by atoms with Crippen molar-refractivity contribution in [1.29, 1.82) is 0 Å². The molecule has 0 amide bonds. The lowest BCUT2D eigenvalue weighted by Crippen LogP contribution is -2.14. The first-order valence-corrected chi connectivity index (χ1v) is 18.4. The van der Waals surface area contributed by atoms with Gasteiger partial charge in [-0.15, -0.1) is 0 Å². The van der Waals surface area contributed by atoms with Crippen molar-refractivity contribution in [1.82, 2.24) is 15.0 Å². The van der Waals surface area contributed by atoms with E-state index in [2.05, 4.69) is 147 Å². The Morgan fingerprint density at radius 3 is 1.91 bits per heavy atom. The number of pyridine rings is 1. The predicted molar refractivity (Wildman–Crippen MR) is 221 cm³/mol. The van der Waals surface area contributed by atoms with E-state index in [-0.39, 0.29) is 5.41 Å². The maximum Gasteiger partial charge on any atom is 0.160 e. The number of hydrogen-bond acceptors (Lipinski definition) is 4. The molecule has 0 unspecified atom stereocenters. The third kappa shape index (κ3) is 4.60. The van der Waals surface area contributed by atoms with Crippen LogP contribution < -0.4 is 0 Å². The molecule has 1 aliphatic rings. The SMILES string of the molecule is CC1(C)c2ccccc2-c2cc(-c3cc(-c4ccc5oc6c(ccc7c(-c8ccccc8)nc8ccccc8c76)c5c4)nc(-c4ccccc4)n3)ccc21. The Bertz CT molecular complexity index is 3120. The van der Waals surface area contributed by atoms with Crippen LogP contribution in [0.5, 0.6) is 0 Å². The lowest BCUT2D eigenvalue weighted by molar-refractivity contribution is 0.660. The number of fused-ring (bicyclic) bond motifs is 10. The molecule has 0 atom stereocenters. The van der Waals surface area contributed by atoms with Gasteiger partial charge in [0, 0.05) is 54.6 Å². The van der Waals surface area contributed by atoms with E-state index in [0.717, 1.165) is 82.9 Å². The van der Waals surface area contributed by atoms with E-state index >= 15 is 0 Å². The summed E-state index contributed by atoms with van der Waals surface area (Å²) in [5.74, 6) is 0.694. The molecule has 0 aliphatic heterocycles. The van der Waals surface area contributed by atoms with Gasteiger partial charge < -0.3 is 4.42 Å². The molecule has 4 nitrogen and oxygen atoms in total. The fourth-order valence-corrected chi connectivity index (χ4v) is 8.58. The summed E-state index contributed by atoms with van der Waals surface area (Å²) in [7, 11) is 0. The Morgan fingerprint density at radius 2 is 1.09 bits per heavy atom. The maximum absolute atomic E-state index is 6.77. The van der Waals surface area contributed by atoms with E-state index in [0.29, 0.717) is 5.82 Å². The number of benzene rings is 7. The lowest BCUT2D eigenvalue weighted by Gasteiger charge is -2.21. The van der Waals surface area contributed by atoms with Crippen LogP contribution in [-0.2, 0) is 5.41 Å². The molecule has 0 N–H and O–H groups in total. The molecule has 11 rings (SSSR count). The first kappa shape index (κ1) is 30.7. The summed E-state index contributed by atoms with van der Waals surface area (Å²) in [6.45, 7) is 4.63. The van der Waals surface area contributed by atoms with Gasteiger partial charge in [0.15, 0.2) is 5.82 Å². The zero-order chi connectivity index (χ0) is 36.0. The minimum absolute atomic E-state index is 0.0590. The summed E-state index contributed by atoms with van der Waals surface area (Å²) >= 11 is 0. The number of hydrogen-bond donors (Lipinski definition) is 0. The van der Waals surface area contributed by atoms with E-state index in [1.807, 2.05) is 30.3 Å². The zero-order valence-corrected chi connectivity index (χ0v) is 29.8.